The normalized spacial score (nSPS) is 21.4. The Morgan fingerprint density at radius 1 is 1.21 bits per heavy atom. The molecule has 0 bridgehead atoms. The quantitative estimate of drug-likeness (QED) is 0.339. The summed E-state index contributed by atoms with van der Waals surface area (Å²) in [5, 5.41) is 8.35. The van der Waals surface area contributed by atoms with Crippen LogP contribution < -0.4 is 16.1 Å². The Kier molecular flexibility index (Phi) is 9.16. The van der Waals surface area contributed by atoms with E-state index in [-0.39, 0.29) is 17.3 Å². The number of rotatable bonds is 5. The lowest BCUT2D eigenvalue weighted by molar-refractivity contribution is 0.293. The maximum atomic E-state index is 12.9. The van der Waals surface area contributed by atoms with Crippen molar-refractivity contribution >= 4 is 21.8 Å². The van der Waals surface area contributed by atoms with E-state index >= 15 is 0 Å². The van der Waals surface area contributed by atoms with Crippen LogP contribution in [-0.2, 0) is 10.0 Å². The highest BCUT2D eigenvalue weighted by molar-refractivity contribution is 7.89. The summed E-state index contributed by atoms with van der Waals surface area (Å²) in [5.74, 6) is 1.58. The van der Waals surface area contributed by atoms with Gasteiger partial charge in [0.05, 0.1) is 5.25 Å². The molecule has 0 saturated carbocycles. The first-order valence-electron chi connectivity index (χ1n) is 10.8. The van der Waals surface area contributed by atoms with Crippen LogP contribution in [0.25, 0.3) is 0 Å². The number of amidine groups is 1. The summed E-state index contributed by atoms with van der Waals surface area (Å²) in [6.07, 6.45) is 2.98. The van der Waals surface area contributed by atoms with Crippen LogP contribution in [0, 0.1) is 0 Å². The van der Waals surface area contributed by atoms with Gasteiger partial charge in [0.1, 0.15) is 5.84 Å². The Balaban J connectivity index is 1.91. The van der Waals surface area contributed by atoms with Crippen LogP contribution in [0.2, 0.25) is 0 Å². The van der Waals surface area contributed by atoms with Gasteiger partial charge in [0.15, 0.2) is 0 Å². The Hall–Kier alpha value is -1.39. The minimum atomic E-state index is -3.19. The van der Waals surface area contributed by atoms with E-state index < -0.39 is 10.0 Å². The van der Waals surface area contributed by atoms with Crippen molar-refractivity contribution in [1.82, 2.24) is 25.4 Å². The maximum Gasteiger partial charge on any atom is 0.217 e. The van der Waals surface area contributed by atoms with Crippen molar-refractivity contribution in [2.75, 3.05) is 39.8 Å². The van der Waals surface area contributed by atoms with Gasteiger partial charge >= 0.3 is 0 Å². The van der Waals surface area contributed by atoms with Gasteiger partial charge in [-0.25, -0.2) is 12.7 Å². The predicted molar refractivity (Wildman–Crippen MR) is 120 cm³/mol. The number of guanidine groups is 1. The second-order valence-corrected chi connectivity index (χ2v) is 10.3. The Morgan fingerprint density at radius 2 is 1.83 bits per heavy atom. The second-order valence-electron chi connectivity index (χ2n) is 8.09. The average molecular weight is 430 g/mol. The Morgan fingerprint density at radius 3 is 2.38 bits per heavy atom. The molecule has 2 rings (SSSR count). The van der Waals surface area contributed by atoms with Crippen LogP contribution in [0.1, 0.15) is 53.4 Å². The first kappa shape index (κ1) is 23.9. The highest BCUT2D eigenvalue weighted by Crippen LogP contribution is 2.22. The lowest BCUT2D eigenvalue weighted by atomic mass is 10.1. The monoisotopic (exact) mass is 429 g/mol. The van der Waals surface area contributed by atoms with Gasteiger partial charge in [-0.1, -0.05) is 0 Å². The predicted octanol–water partition coefficient (Wildman–Crippen LogP) is 0.761. The number of hydrazine groups is 1. The minimum absolute atomic E-state index is 0.200. The number of aliphatic imine (C=N–C) groups is 2. The highest BCUT2D eigenvalue weighted by Gasteiger charge is 2.35. The SMILES string of the molecule is CCN=C(NC1CCN(S(=O)(=O)C2CCNCC2)CC1)N(C)NC(C)=NC(C)C. The smallest absolute Gasteiger partial charge is 0.217 e. The first-order chi connectivity index (χ1) is 13.7. The zero-order valence-corrected chi connectivity index (χ0v) is 19.4. The van der Waals surface area contributed by atoms with Crippen LogP contribution in [0.3, 0.4) is 0 Å². The van der Waals surface area contributed by atoms with Crippen molar-refractivity contribution in [1.29, 1.82) is 0 Å². The fraction of sp³-hybridized carbons (Fsp3) is 0.895. The molecule has 0 radical (unpaired) electrons. The molecule has 3 N–H and O–H groups in total. The molecular weight excluding hydrogens is 390 g/mol. The van der Waals surface area contributed by atoms with Crippen LogP contribution in [-0.4, -0.2) is 86.6 Å². The van der Waals surface area contributed by atoms with Crippen molar-refractivity contribution in [2.24, 2.45) is 9.98 Å². The molecule has 0 aromatic heterocycles. The molecule has 2 aliphatic heterocycles. The zero-order chi connectivity index (χ0) is 21.4. The fourth-order valence-corrected chi connectivity index (χ4v) is 5.82. The van der Waals surface area contributed by atoms with Gasteiger partial charge in [0.2, 0.25) is 16.0 Å². The summed E-state index contributed by atoms with van der Waals surface area (Å²) in [6, 6.07) is 0.424. The van der Waals surface area contributed by atoms with Crippen molar-refractivity contribution < 1.29 is 8.42 Å². The van der Waals surface area contributed by atoms with Crippen molar-refractivity contribution in [3.63, 3.8) is 0 Å². The second kappa shape index (κ2) is 11.1. The molecule has 2 aliphatic rings. The van der Waals surface area contributed by atoms with Crippen molar-refractivity contribution in [3.05, 3.63) is 0 Å². The van der Waals surface area contributed by atoms with Gasteiger partial charge in [0, 0.05) is 38.8 Å². The number of hydrogen-bond donors (Lipinski definition) is 3. The van der Waals surface area contributed by atoms with E-state index in [1.54, 1.807) is 4.31 Å². The zero-order valence-electron chi connectivity index (χ0n) is 18.6. The van der Waals surface area contributed by atoms with Crippen LogP contribution >= 0.6 is 0 Å². The van der Waals surface area contributed by atoms with E-state index in [1.165, 1.54) is 0 Å². The van der Waals surface area contributed by atoms with Crippen LogP contribution in [0.15, 0.2) is 9.98 Å². The molecule has 0 spiro atoms. The molecule has 9 nitrogen and oxygen atoms in total. The average Bonchev–Trinajstić information content (AvgIpc) is 2.68. The lowest BCUT2D eigenvalue weighted by Crippen LogP contribution is -2.55. The summed E-state index contributed by atoms with van der Waals surface area (Å²) >= 11 is 0. The summed E-state index contributed by atoms with van der Waals surface area (Å²) in [7, 11) is -1.28. The third kappa shape index (κ3) is 7.11. The number of nitrogens with zero attached hydrogens (tertiary/aromatic N) is 4. The van der Waals surface area contributed by atoms with Gasteiger partial charge < -0.3 is 10.6 Å². The molecule has 2 saturated heterocycles. The summed E-state index contributed by atoms with van der Waals surface area (Å²) < 4.78 is 27.5. The molecule has 168 valence electrons. The molecule has 29 heavy (non-hydrogen) atoms. The highest BCUT2D eigenvalue weighted by atomic mass is 32.2. The van der Waals surface area contributed by atoms with Gasteiger partial charge in [-0.2, -0.15) is 0 Å². The van der Waals surface area contributed by atoms with Gasteiger partial charge in [0.25, 0.3) is 0 Å². The van der Waals surface area contributed by atoms with E-state index in [2.05, 4.69) is 26.0 Å². The Bertz CT molecular complexity index is 664. The molecule has 2 fully saturated rings. The summed E-state index contributed by atoms with van der Waals surface area (Å²) in [4.78, 5) is 9.06. The number of sulfonamides is 1. The topological polar surface area (TPSA) is 101 Å². The molecular formula is C19H39N7O2S. The summed E-state index contributed by atoms with van der Waals surface area (Å²) in [5.41, 5.74) is 3.24. The molecule has 0 aliphatic carbocycles. The van der Waals surface area contributed by atoms with Gasteiger partial charge in [-0.15, -0.1) is 0 Å². The number of nitrogens with one attached hydrogen (secondary N) is 3. The van der Waals surface area contributed by atoms with Crippen LogP contribution in [0.4, 0.5) is 0 Å². The standard InChI is InChI=1S/C19H39N7O2S/c1-6-21-19(25(5)24-16(4)22-15(2)3)23-17-9-13-26(14-10-17)29(27,28)18-7-11-20-12-8-18/h15,17-18,20H,6-14H2,1-5H3,(H,21,23)(H,22,24). The van der Waals surface area contributed by atoms with Crippen LogP contribution in [0.5, 0.6) is 0 Å². The first-order valence-corrected chi connectivity index (χ1v) is 12.3. The largest absolute Gasteiger partial charge is 0.352 e. The molecule has 0 atom stereocenters. The third-order valence-electron chi connectivity index (χ3n) is 5.26. The molecule has 0 amide bonds. The lowest BCUT2D eigenvalue weighted by Gasteiger charge is -2.36. The fourth-order valence-electron chi connectivity index (χ4n) is 3.85. The van der Waals surface area contributed by atoms with E-state index in [0.29, 0.717) is 32.5 Å². The van der Waals surface area contributed by atoms with E-state index in [1.807, 2.05) is 39.8 Å². The number of hydrogen-bond acceptors (Lipinski definition) is 5. The van der Waals surface area contributed by atoms with E-state index in [0.717, 1.165) is 37.7 Å². The summed E-state index contributed by atoms with van der Waals surface area (Å²) in [6.45, 7) is 11.4. The molecule has 10 heteroatoms. The molecule has 0 aromatic carbocycles. The number of piperidine rings is 2. The molecule has 0 aromatic rings. The van der Waals surface area contributed by atoms with E-state index in [4.69, 9.17) is 0 Å². The van der Waals surface area contributed by atoms with Crippen molar-refractivity contribution in [2.45, 2.75) is 70.7 Å². The minimum Gasteiger partial charge on any atom is -0.352 e. The molecule has 0 unspecified atom stereocenters. The van der Waals surface area contributed by atoms with Gasteiger partial charge in [-0.3, -0.25) is 20.4 Å². The van der Waals surface area contributed by atoms with Gasteiger partial charge in [-0.05, 0) is 66.5 Å². The molecule has 2 heterocycles. The van der Waals surface area contributed by atoms with Crippen molar-refractivity contribution in [3.8, 4) is 0 Å². The van der Waals surface area contributed by atoms with E-state index in [9.17, 15) is 8.42 Å². The third-order valence-corrected chi connectivity index (χ3v) is 7.66. The Labute approximate surface area is 176 Å². The maximum absolute atomic E-state index is 12.9.